The number of hydrogen-bond acceptors (Lipinski definition) is 5. The average Bonchev–Trinajstić information content (AvgIpc) is 3.00. The fourth-order valence-electron chi connectivity index (χ4n) is 3.81. The van der Waals surface area contributed by atoms with Crippen molar-refractivity contribution in [3.63, 3.8) is 0 Å². The minimum absolute atomic E-state index is 0.0866. The molecular formula is C16H24N4O4S. The van der Waals surface area contributed by atoms with E-state index in [0.717, 1.165) is 50.0 Å². The highest BCUT2D eigenvalue weighted by Crippen LogP contribution is 2.30. The Morgan fingerprint density at radius 3 is 2.80 bits per heavy atom. The monoisotopic (exact) mass is 368 g/mol. The van der Waals surface area contributed by atoms with Crippen molar-refractivity contribution in [1.82, 2.24) is 19.2 Å². The van der Waals surface area contributed by atoms with Gasteiger partial charge in [-0.25, -0.2) is 13.1 Å². The molecule has 2 aliphatic heterocycles. The minimum atomic E-state index is -3.40. The van der Waals surface area contributed by atoms with Gasteiger partial charge in [0.2, 0.25) is 15.9 Å². The Hall–Kier alpha value is -1.74. The Morgan fingerprint density at radius 2 is 2.08 bits per heavy atom. The number of piperidine rings is 1. The van der Waals surface area contributed by atoms with Gasteiger partial charge in [0.25, 0.3) is 5.56 Å². The van der Waals surface area contributed by atoms with Crippen molar-refractivity contribution in [3.05, 3.63) is 27.4 Å². The zero-order chi connectivity index (χ0) is 18.2. The number of aromatic nitrogens is 2. The highest BCUT2D eigenvalue weighted by molar-refractivity contribution is 7.88. The minimum Gasteiger partial charge on any atom is -0.341 e. The molecule has 0 saturated carbocycles. The van der Waals surface area contributed by atoms with Gasteiger partial charge in [-0.15, -0.1) is 0 Å². The predicted octanol–water partition coefficient (Wildman–Crippen LogP) is -0.247. The summed E-state index contributed by atoms with van der Waals surface area (Å²) >= 11 is 0. The largest absolute Gasteiger partial charge is 0.341 e. The van der Waals surface area contributed by atoms with E-state index in [1.165, 1.54) is 0 Å². The smallest absolute Gasteiger partial charge is 0.276 e. The predicted molar refractivity (Wildman–Crippen MR) is 93.0 cm³/mol. The number of amides is 1. The van der Waals surface area contributed by atoms with Crippen LogP contribution >= 0.6 is 0 Å². The van der Waals surface area contributed by atoms with Gasteiger partial charge < -0.3 is 9.47 Å². The molecule has 0 aromatic carbocycles. The third kappa shape index (κ3) is 3.92. The molecular weight excluding hydrogens is 344 g/mol. The van der Waals surface area contributed by atoms with E-state index in [0.29, 0.717) is 18.7 Å². The van der Waals surface area contributed by atoms with Crippen molar-refractivity contribution >= 4 is 15.9 Å². The molecule has 0 radical (unpaired) electrons. The molecule has 8 nitrogen and oxygen atoms in total. The summed E-state index contributed by atoms with van der Waals surface area (Å²) in [6.45, 7) is 3.57. The van der Waals surface area contributed by atoms with Gasteiger partial charge in [0.15, 0.2) is 0 Å². The molecule has 1 saturated heterocycles. The van der Waals surface area contributed by atoms with Crippen molar-refractivity contribution in [3.8, 4) is 0 Å². The van der Waals surface area contributed by atoms with E-state index in [2.05, 4.69) is 14.3 Å². The summed E-state index contributed by atoms with van der Waals surface area (Å²) in [6.07, 6.45) is 4.58. The van der Waals surface area contributed by atoms with Crippen LogP contribution in [0.1, 0.15) is 42.3 Å². The summed E-state index contributed by atoms with van der Waals surface area (Å²) in [5.41, 5.74) is 1.49. The lowest BCUT2D eigenvalue weighted by atomic mass is 9.91. The fourth-order valence-corrected chi connectivity index (χ4v) is 4.19. The fraction of sp³-hybridized carbons (Fsp3) is 0.688. The second-order valence-corrected chi connectivity index (χ2v) is 8.70. The van der Waals surface area contributed by atoms with Gasteiger partial charge in [0.1, 0.15) is 5.82 Å². The lowest BCUT2D eigenvalue weighted by Gasteiger charge is -2.34. The first-order valence-corrected chi connectivity index (χ1v) is 10.5. The maximum Gasteiger partial charge on any atom is 0.276 e. The van der Waals surface area contributed by atoms with E-state index in [1.807, 2.05) is 6.92 Å². The molecule has 1 atom stereocenters. The van der Waals surface area contributed by atoms with Crippen LogP contribution in [0.3, 0.4) is 0 Å². The summed E-state index contributed by atoms with van der Waals surface area (Å²) < 4.78 is 26.8. The standard InChI is InChI=1S/C16H24N4O4S/c1-11-15(20-8-4-6-13(20)18-16(11)22)12-5-3-7-19(10-12)14(21)9-17-25(2,23)24/h12,17H,3-10H2,1-2H3. The van der Waals surface area contributed by atoms with Crippen LogP contribution in [-0.2, 0) is 27.8 Å². The Kier molecular flexibility index (Phi) is 4.97. The second-order valence-electron chi connectivity index (χ2n) is 6.87. The molecule has 1 N–H and O–H groups in total. The third-order valence-electron chi connectivity index (χ3n) is 4.97. The van der Waals surface area contributed by atoms with Crippen molar-refractivity contribution in [1.29, 1.82) is 0 Å². The molecule has 3 heterocycles. The number of rotatable bonds is 4. The molecule has 9 heteroatoms. The number of nitrogens with zero attached hydrogens (tertiary/aromatic N) is 3. The number of fused-ring (bicyclic) bond motifs is 1. The quantitative estimate of drug-likeness (QED) is 0.790. The van der Waals surface area contributed by atoms with Gasteiger partial charge >= 0.3 is 0 Å². The van der Waals surface area contributed by atoms with Crippen LogP contribution in [0, 0.1) is 6.92 Å². The third-order valence-corrected chi connectivity index (χ3v) is 5.64. The topological polar surface area (TPSA) is 101 Å². The number of hydrogen-bond donors (Lipinski definition) is 1. The SMILES string of the molecule is Cc1c(C2CCCN(C(=O)CNS(C)(=O)=O)C2)n2c(nc1=O)CCC2. The molecule has 0 aliphatic carbocycles. The number of nitrogens with one attached hydrogen (secondary N) is 1. The molecule has 138 valence electrons. The lowest BCUT2D eigenvalue weighted by molar-refractivity contribution is -0.131. The highest BCUT2D eigenvalue weighted by atomic mass is 32.2. The van der Waals surface area contributed by atoms with Gasteiger partial charge in [-0.3, -0.25) is 9.59 Å². The molecule has 0 bridgehead atoms. The van der Waals surface area contributed by atoms with Crippen LogP contribution in [0.15, 0.2) is 4.79 Å². The summed E-state index contributed by atoms with van der Waals surface area (Å²) in [7, 11) is -3.40. The molecule has 0 spiro atoms. The van der Waals surface area contributed by atoms with Crippen molar-refractivity contribution < 1.29 is 13.2 Å². The molecule has 1 aromatic rings. The molecule has 1 unspecified atom stereocenters. The summed E-state index contributed by atoms with van der Waals surface area (Å²) in [5, 5.41) is 0. The van der Waals surface area contributed by atoms with E-state index < -0.39 is 10.0 Å². The van der Waals surface area contributed by atoms with E-state index >= 15 is 0 Å². The Labute approximate surface area is 147 Å². The number of likely N-dealkylation sites (tertiary alicyclic amines) is 1. The van der Waals surface area contributed by atoms with Crippen LogP contribution < -0.4 is 10.3 Å². The molecule has 2 aliphatic rings. The maximum atomic E-state index is 12.3. The van der Waals surface area contributed by atoms with Crippen LogP contribution in [-0.4, -0.2) is 54.7 Å². The van der Waals surface area contributed by atoms with Crippen molar-refractivity contribution in [2.24, 2.45) is 0 Å². The highest BCUT2D eigenvalue weighted by Gasteiger charge is 2.30. The summed E-state index contributed by atoms with van der Waals surface area (Å²) in [4.78, 5) is 30.4. The summed E-state index contributed by atoms with van der Waals surface area (Å²) in [5.74, 6) is 0.696. The number of carbonyl (C=O) groups excluding carboxylic acids is 1. The van der Waals surface area contributed by atoms with Crippen molar-refractivity contribution in [2.45, 2.75) is 45.1 Å². The Balaban J connectivity index is 1.81. The van der Waals surface area contributed by atoms with Crippen LogP contribution in [0.4, 0.5) is 0 Å². The maximum absolute atomic E-state index is 12.3. The number of carbonyl (C=O) groups is 1. The normalized spacial score (nSPS) is 20.6. The first-order chi connectivity index (χ1) is 11.8. The van der Waals surface area contributed by atoms with Gasteiger partial charge in [-0.05, 0) is 26.2 Å². The van der Waals surface area contributed by atoms with Crippen LogP contribution in [0.2, 0.25) is 0 Å². The van der Waals surface area contributed by atoms with Gasteiger partial charge in [0.05, 0.1) is 12.8 Å². The first kappa shape index (κ1) is 18.1. The molecule has 25 heavy (non-hydrogen) atoms. The summed E-state index contributed by atoms with van der Waals surface area (Å²) in [6, 6.07) is 0. The molecule has 1 aromatic heterocycles. The lowest BCUT2D eigenvalue weighted by Crippen LogP contribution is -2.45. The van der Waals surface area contributed by atoms with Gasteiger partial charge in [-0.1, -0.05) is 0 Å². The van der Waals surface area contributed by atoms with Crippen molar-refractivity contribution in [2.75, 3.05) is 25.9 Å². The second kappa shape index (κ2) is 6.87. The van der Waals surface area contributed by atoms with Gasteiger partial charge in [-0.2, -0.15) is 4.98 Å². The van der Waals surface area contributed by atoms with Crippen LogP contribution in [0.5, 0.6) is 0 Å². The first-order valence-electron chi connectivity index (χ1n) is 8.59. The zero-order valence-electron chi connectivity index (χ0n) is 14.6. The van der Waals surface area contributed by atoms with E-state index in [9.17, 15) is 18.0 Å². The number of aryl methyl sites for hydroxylation is 1. The Morgan fingerprint density at radius 1 is 1.32 bits per heavy atom. The van der Waals surface area contributed by atoms with E-state index in [-0.39, 0.29) is 23.9 Å². The molecule has 3 rings (SSSR count). The average molecular weight is 368 g/mol. The van der Waals surface area contributed by atoms with E-state index in [1.54, 1.807) is 4.90 Å². The number of sulfonamides is 1. The molecule has 1 amide bonds. The van der Waals surface area contributed by atoms with E-state index in [4.69, 9.17) is 0 Å². The van der Waals surface area contributed by atoms with Gasteiger partial charge in [0, 0.05) is 43.2 Å². The van der Waals surface area contributed by atoms with Crippen LogP contribution in [0.25, 0.3) is 0 Å². The Bertz CT molecular complexity index is 846. The zero-order valence-corrected chi connectivity index (χ0v) is 15.4. The molecule has 1 fully saturated rings.